The maximum absolute atomic E-state index is 2.53. The predicted octanol–water partition coefficient (Wildman–Crippen LogP) is 20.4. The van der Waals surface area contributed by atoms with E-state index in [-0.39, 0.29) is 32.5 Å². The molecule has 0 aliphatic carbocycles. The van der Waals surface area contributed by atoms with Crippen LogP contribution in [-0.2, 0) is 32.5 Å². The third-order valence-corrected chi connectivity index (χ3v) is 16.4. The van der Waals surface area contributed by atoms with Gasteiger partial charge in [0.15, 0.2) is 0 Å². The largest absolute Gasteiger partial charge is 0.309 e. The monoisotopic (exact) mass is 986 g/mol. The van der Waals surface area contributed by atoms with Crippen LogP contribution in [0.5, 0.6) is 0 Å². The van der Waals surface area contributed by atoms with Crippen molar-refractivity contribution < 1.29 is 0 Å². The molecule has 3 nitrogen and oxygen atoms in total. The van der Waals surface area contributed by atoms with Crippen molar-refractivity contribution in [2.24, 2.45) is 0 Å². The molecule has 0 saturated heterocycles. The van der Waals surface area contributed by atoms with Crippen molar-refractivity contribution in [2.75, 3.05) is 0 Å². The minimum Gasteiger partial charge on any atom is -0.309 e. The summed E-state index contributed by atoms with van der Waals surface area (Å²) < 4.78 is 7.54. The normalized spacial score (nSPS) is 13.5. The van der Waals surface area contributed by atoms with E-state index < -0.39 is 0 Å². The number of hydrogen-bond donors (Lipinski definition) is 0. The lowest BCUT2D eigenvalue weighted by Crippen LogP contribution is -2.10. The lowest BCUT2D eigenvalue weighted by molar-refractivity contribution is 0.590. The molecule has 0 spiro atoms. The van der Waals surface area contributed by atoms with Crippen LogP contribution in [-0.4, -0.2) is 13.7 Å². The molecule has 0 amide bonds. The highest BCUT2D eigenvalue weighted by molar-refractivity contribution is 6.12. The number of fused-ring (bicyclic) bond motifs is 9. The Balaban J connectivity index is 1.18. The van der Waals surface area contributed by atoms with Gasteiger partial charge in [0.25, 0.3) is 0 Å². The van der Waals surface area contributed by atoms with Crippen LogP contribution in [0.25, 0.3) is 93.6 Å². The van der Waals surface area contributed by atoms with Gasteiger partial charge in [0.2, 0.25) is 0 Å². The highest BCUT2D eigenvalue weighted by Crippen LogP contribution is 2.43. The molecule has 0 aliphatic heterocycles. The topological polar surface area (TPSA) is 14.8 Å². The van der Waals surface area contributed by atoms with E-state index in [1.165, 1.54) is 110 Å². The molecule has 0 radical (unpaired) electrons. The van der Waals surface area contributed by atoms with Crippen molar-refractivity contribution in [3.05, 3.63) is 185 Å². The zero-order valence-corrected chi connectivity index (χ0v) is 48.3. The van der Waals surface area contributed by atoms with Gasteiger partial charge in [-0.15, -0.1) is 0 Å². The van der Waals surface area contributed by atoms with E-state index in [1.807, 2.05) is 0 Å². The fourth-order valence-electron chi connectivity index (χ4n) is 11.5. The first-order valence-electron chi connectivity index (χ1n) is 27.5. The number of hydrogen-bond acceptors (Lipinski definition) is 0. The van der Waals surface area contributed by atoms with Gasteiger partial charge in [-0.1, -0.05) is 173 Å². The standard InChI is InChI=1S/C72H79N3/c1-67(2,3)46-21-29-61-55(37-46)56-38-47(68(4,5)6)22-30-62(56)73(61)52-27-19-44(20-28-52)45-35-53(74-63-31-23-48(69(7,8)9)39-57(63)58-40-49(70(10,11)12)24-32-64(58)74)43-54(36-45)75-65-33-25-50(71(13,14)15)41-59(65)60-42-51(72(16,17)18)26-34-66(60)75/h19-43H,1-18H3. The van der Waals surface area contributed by atoms with Crippen molar-refractivity contribution in [3.63, 3.8) is 0 Å². The summed E-state index contributed by atoms with van der Waals surface area (Å²) in [5.74, 6) is 0. The summed E-state index contributed by atoms with van der Waals surface area (Å²) in [6.45, 7) is 41.7. The van der Waals surface area contributed by atoms with Gasteiger partial charge in [-0.3, -0.25) is 0 Å². The zero-order chi connectivity index (χ0) is 53.7. The average molecular weight is 986 g/mol. The Morgan fingerprint density at radius 1 is 0.200 bits per heavy atom. The van der Waals surface area contributed by atoms with E-state index in [1.54, 1.807) is 0 Å². The summed E-state index contributed by atoms with van der Waals surface area (Å²) >= 11 is 0. The van der Waals surface area contributed by atoms with Crippen molar-refractivity contribution in [3.8, 4) is 28.2 Å². The second-order valence-electron chi connectivity index (χ2n) is 28.2. The van der Waals surface area contributed by atoms with Gasteiger partial charge < -0.3 is 13.7 Å². The third kappa shape index (κ3) is 8.69. The maximum Gasteiger partial charge on any atom is 0.0541 e. The smallest absolute Gasteiger partial charge is 0.0541 e. The molecule has 8 aromatic carbocycles. The van der Waals surface area contributed by atoms with Gasteiger partial charge in [-0.05, 0) is 180 Å². The fraction of sp³-hybridized carbons (Fsp3) is 0.333. The minimum absolute atomic E-state index is 0.00368. The Morgan fingerprint density at radius 3 is 0.627 bits per heavy atom. The Morgan fingerprint density at radius 2 is 0.413 bits per heavy atom. The van der Waals surface area contributed by atoms with Crippen molar-refractivity contribution in [2.45, 2.75) is 157 Å². The molecule has 11 aromatic rings. The number of nitrogens with zero attached hydrogens (tertiary/aromatic N) is 3. The SMILES string of the molecule is CC(C)(C)c1ccc2c(c1)c1cc(C(C)(C)C)ccc1n2-c1ccc(-c2cc(-n3c4ccc(C(C)(C)C)cc4c4cc(C(C)(C)C)ccc43)cc(-n3c4ccc(C(C)(C)C)cc4c4cc(C(C)(C)C)ccc43)c2)cc1. The van der Waals surface area contributed by atoms with Gasteiger partial charge in [-0.25, -0.2) is 0 Å². The van der Waals surface area contributed by atoms with Crippen molar-refractivity contribution in [1.29, 1.82) is 0 Å². The predicted molar refractivity (Wildman–Crippen MR) is 327 cm³/mol. The summed E-state index contributed by atoms with van der Waals surface area (Å²) in [4.78, 5) is 0. The summed E-state index contributed by atoms with van der Waals surface area (Å²) in [6.07, 6.45) is 0. The molecular weight excluding hydrogens is 907 g/mol. The third-order valence-electron chi connectivity index (χ3n) is 16.4. The first kappa shape index (κ1) is 50.3. The molecule has 0 unspecified atom stereocenters. The van der Waals surface area contributed by atoms with Gasteiger partial charge in [0.05, 0.1) is 33.1 Å². The molecular formula is C72H79N3. The second-order valence-corrected chi connectivity index (χ2v) is 28.2. The van der Waals surface area contributed by atoms with E-state index in [4.69, 9.17) is 0 Å². The molecule has 75 heavy (non-hydrogen) atoms. The van der Waals surface area contributed by atoms with Crippen molar-refractivity contribution >= 4 is 65.4 Å². The van der Waals surface area contributed by atoms with Crippen LogP contribution in [0.15, 0.2) is 152 Å². The highest BCUT2D eigenvalue weighted by Gasteiger charge is 2.26. The Bertz CT molecular complexity index is 3700. The Hall–Kier alpha value is -6.84. The minimum atomic E-state index is 0.00368. The van der Waals surface area contributed by atoms with E-state index in [9.17, 15) is 0 Å². The fourth-order valence-corrected chi connectivity index (χ4v) is 11.5. The molecule has 3 aromatic heterocycles. The number of benzene rings is 8. The van der Waals surface area contributed by atoms with Crippen LogP contribution < -0.4 is 0 Å². The molecule has 3 heterocycles. The molecule has 0 aliphatic rings. The van der Waals surface area contributed by atoms with Gasteiger partial charge in [-0.2, -0.15) is 0 Å². The molecule has 0 bridgehead atoms. The molecule has 0 saturated carbocycles. The van der Waals surface area contributed by atoms with E-state index in [0.29, 0.717) is 0 Å². The number of aromatic nitrogens is 3. The molecule has 0 N–H and O–H groups in total. The van der Waals surface area contributed by atoms with E-state index in [2.05, 4.69) is 290 Å². The molecule has 0 atom stereocenters. The summed E-state index contributed by atoms with van der Waals surface area (Å²) in [5, 5.41) is 7.76. The molecule has 11 rings (SSSR count). The van der Waals surface area contributed by atoms with Gasteiger partial charge in [0, 0.05) is 49.4 Å². The Kier molecular flexibility index (Phi) is 11.3. The summed E-state index contributed by atoms with van der Waals surface area (Å²) in [5.41, 5.74) is 21.2. The second kappa shape index (κ2) is 16.8. The lowest BCUT2D eigenvalue weighted by Gasteiger charge is -2.20. The van der Waals surface area contributed by atoms with Crippen LogP contribution >= 0.6 is 0 Å². The van der Waals surface area contributed by atoms with Gasteiger partial charge in [0.1, 0.15) is 0 Å². The number of rotatable bonds is 4. The first-order valence-corrected chi connectivity index (χ1v) is 27.5. The quantitative estimate of drug-likeness (QED) is 0.167. The van der Waals surface area contributed by atoms with Crippen LogP contribution in [0.2, 0.25) is 0 Å². The summed E-state index contributed by atoms with van der Waals surface area (Å²) in [7, 11) is 0. The molecule has 3 heteroatoms. The van der Waals surface area contributed by atoms with E-state index in [0.717, 1.165) is 17.1 Å². The summed E-state index contributed by atoms with van der Waals surface area (Å²) in [6, 6.07) is 59.6. The van der Waals surface area contributed by atoms with E-state index >= 15 is 0 Å². The average Bonchev–Trinajstić information content (AvgIpc) is 3.96. The van der Waals surface area contributed by atoms with Crippen LogP contribution in [0, 0.1) is 0 Å². The van der Waals surface area contributed by atoms with Crippen molar-refractivity contribution in [1.82, 2.24) is 13.7 Å². The lowest BCUT2D eigenvalue weighted by atomic mass is 9.85. The molecule has 0 fully saturated rings. The van der Waals surface area contributed by atoms with Crippen LogP contribution in [0.4, 0.5) is 0 Å². The highest BCUT2D eigenvalue weighted by atomic mass is 15.0. The van der Waals surface area contributed by atoms with Crippen LogP contribution in [0.3, 0.4) is 0 Å². The van der Waals surface area contributed by atoms with Gasteiger partial charge >= 0.3 is 0 Å². The zero-order valence-electron chi connectivity index (χ0n) is 48.3. The van der Waals surface area contributed by atoms with Crippen LogP contribution in [0.1, 0.15) is 158 Å². The first-order chi connectivity index (χ1) is 34.9. The Labute approximate surface area is 447 Å². The molecule has 382 valence electrons. The maximum atomic E-state index is 2.53.